The smallest absolute Gasteiger partial charge is 0.224 e. The predicted molar refractivity (Wildman–Crippen MR) is 56.4 cm³/mol. The van der Waals surface area contributed by atoms with E-state index in [0.29, 0.717) is 6.54 Å². The van der Waals surface area contributed by atoms with Gasteiger partial charge in [-0.25, -0.2) is 8.78 Å². The van der Waals surface area contributed by atoms with Gasteiger partial charge in [0.05, 0.1) is 10.9 Å². The van der Waals surface area contributed by atoms with Gasteiger partial charge in [-0.2, -0.15) is 0 Å². The molecule has 0 aromatic heterocycles. The van der Waals surface area contributed by atoms with Crippen molar-refractivity contribution in [2.75, 3.05) is 6.54 Å². The molecule has 0 heterocycles. The van der Waals surface area contributed by atoms with E-state index in [1.807, 2.05) is 0 Å². The fraction of sp³-hybridized carbons (Fsp3) is 0.300. The molecule has 0 saturated carbocycles. The number of amides is 1. The third-order valence-corrected chi connectivity index (χ3v) is 2.42. The first kappa shape index (κ1) is 12.1. The van der Waals surface area contributed by atoms with Crippen molar-refractivity contribution >= 4 is 21.8 Å². The van der Waals surface area contributed by atoms with Gasteiger partial charge in [-0.05, 0) is 35.0 Å². The van der Waals surface area contributed by atoms with Crippen LogP contribution < -0.4 is 5.32 Å². The van der Waals surface area contributed by atoms with Crippen molar-refractivity contribution in [3.05, 3.63) is 33.8 Å². The first-order chi connectivity index (χ1) is 7.04. The molecule has 1 aromatic carbocycles. The predicted octanol–water partition coefficient (Wildman–Crippen LogP) is 2.41. The highest BCUT2D eigenvalue weighted by Gasteiger charge is 2.11. The molecule has 0 unspecified atom stereocenters. The van der Waals surface area contributed by atoms with E-state index in [-0.39, 0.29) is 22.4 Å². The number of carbonyl (C=O) groups is 1. The molecule has 0 spiro atoms. The van der Waals surface area contributed by atoms with Crippen molar-refractivity contribution in [1.29, 1.82) is 0 Å². The van der Waals surface area contributed by atoms with Crippen LogP contribution >= 0.6 is 15.9 Å². The van der Waals surface area contributed by atoms with Gasteiger partial charge in [-0.15, -0.1) is 0 Å². The Kier molecular flexibility index (Phi) is 4.20. The van der Waals surface area contributed by atoms with Gasteiger partial charge < -0.3 is 5.32 Å². The Morgan fingerprint density at radius 2 is 2.07 bits per heavy atom. The van der Waals surface area contributed by atoms with Crippen LogP contribution in [0.5, 0.6) is 0 Å². The summed E-state index contributed by atoms with van der Waals surface area (Å²) in [5, 5.41) is 2.52. The van der Waals surface area contributed by atoms with Gasteiger partial charge in [-0.1, -0.05) is 0 Å². The monoisotopic (exact) mass is 277 g/mol. The Hall–Kier alpha value is -0.970. The summed E-state index contributed by atoms with van der Waals surface area (Å²) >= 11 is 2.86. The third kappa shape index (κ3) is 3.27. The third-order valence-electron chi connectivity index (χ3n) is 1.81. The minimum atomic E-state index is -0.588. The summed E-state index contributed by atoms with van der Waals surface area (Å²) in [4.78, 5) is 11.1. The van der Waals surface area contributed by atoms with Crippen LogP contribution in [-0.2, 0) is 11.2 Å². The summed E-state index contributed by atoms with van der Waals surface area (Å²) in [6.07, 6.45) is -0.149. The SMILES string of the molecule is CCNC(=O)Cc1cc(F)c(Br)cc1F. The van der Waals surface area contributed by atoms with Crippen molar-refractivity contribution in [1.82, 2.24) is 5.32 Å². The van der Waals surface area contributed by atoms with Crippen LogP contribution in [0.3, 0.4) is 0 Å². The van der Waals surface area contributed by atoms with Crippen molar-refractivity contribution in [3.63, 3.8) is 0 Å². The number of carbonyl (C=O) groups excluding carboxylic acids is 1. The van der Waals surface area contributed by atoms with Crippen LogP contribution in [-0.4, -0.2) is 12.5 Å². The Labute approximate surface area is 94.8 Å². The van der Waals surface area contributed by atoms with E-state index in [4.69, 9.17) is 0 Å². The van der Waals surface area contributed by atoms with Crippen LogP contribution in [0.15, 0.2) is 16.6 Å². The quantitative estimate of drug-likeness (QED) is 0.845. The number of benzene rings is 1. The van der Waals surface area contributed by atoms with E-state index in [1.54, 1.807) is 6.92 Å². The molecule has 0 aliphatic rings. The summed E-state index contributed by atoms with van der Waals surface area (Å²) in [5.74, 6) is -1.48. The van der Waals surface area contributed by atoms with E-state index in [9.17, 15) is 13.6 Å². The minimum absolute atomic E-state index is 0.0552. The number of hydrogen-bond donors (Lipinski definition) is 1. The van der Waals surface area contributed by atoms with E-state index in [1.165, 1.54) is 0 Å². The van der Waals surface area contributed by atoms with E-state index >= 15 is 0 Å². The minimum Gasteiger partial charge on any atom is -0.356 e. The maximum absolute atomic E-state index is 13.3. The summed E-state index contributed by atoms with van der Waals surface area (Å²) in [7, 11) is 0. The number of nitrogens with one attached hydrogen (secondary N) is 1. The number of hydrogen-bond acceptors (Lipinski definition) is 1. The van der Waals surface area contributed by atoms with Crippen molar-refractivity contribution in [3.8, 4) is 0 Å². The molecule has 5 heteroatoms. The standard InChI is InChI=1S/C10H10BrF2NO/c1-2-14-10(15)4-6-3-9(13)7(11)5-8(6)12/h3,5H,2,4H2,1H3,(H,14,15). The topological polar surface area (TPSA) is 29.1 Å². The molecule has 2 nitrogen and oxygen atoms in total. The van der Waals surface area contributed by atoms with E-state index in [2.05, 4.69) is 21.2 Å². The molecule has 0 aliphatic carbocycles. The molecule has 1 amide bonds. The molecule has 1 aromatic rings. The van der Waals surface area contributed by atoms with Crippen LogP contribution in [0.1, 0.15) is 12.5 Å². The van der Waals surface area contributed by atoms with Crippen molar-refractivity contribution < 1.29 is 13.6 Å². The van der Waals surface area contributed by atoms with Crippen molar-refractivity contribution in [2.24, 2.45) is 0 Å². The Bertz CT molecular complexity index is 382. The highest BCUT2D eigenvalue weighted by molar-refractivity contribution is 9.10. The van der Waals surface area contributed by atoms with Crippen molar-refractivity contribution in [2.45, 2.75) is 13.3 Å². The molecular weight excluding hydrogens is 268 g/mol. The largest absolute Gasteiger partial charge is 0.356 e. The van der Waals surface area contributed by atoms with Crippen LogP contribution in [0.25, 0.3) is 0 Å². The molecule has 15 heavy (non-hydrogen) atoms. The molecule has 0 bridgehead atoms. The van der Waals surface area contributed by atoms with Gasteiger partial charge in [0.1, 0.15) is 11.6 Å². The van der Waals surface area contributed by atoms with E-state index < -0.39 is 11.6 Å². The van der Waals surface area contributed by atoms with Crippen LogP contribution in [0.2, 0.25) is 0 Å². The lowest BCUT2D eigenvalue weighted by molar-refractivity contribution is -0.120. The number of likely N-dealkylation sites (N-methyl/N-ethyl adjacent to an activating group) is 1. The summed E-state index contributed by atoms with van der Waals surface area (Å²) < 4.78 is 26.4. The fourth-order valence-corrected chi connectivity index (χ4v) is 1.45. The second-order valence-corrected chi connectivity index (χ2v) is 3.84. The lowest BCUT2D eigenvalue weighted by atomic mass is 10.1. The van der Waals surface area contributed by atoms with Crippen LogP contribution in [0, 0.1) is 11.6 Å². The summed E-state index contributed by atoms with van der Waals surface area (Å²) in [6, 6.07) is 2.04. The zero-order valence-corrected chi connectivity index (χ0v) is 9.70. The van der Waals surface area contributed by atoms with Gasteiger partial charge in [0, 0.05) is 12.1 Å². The molecule has 0 atom stereocenters. The average Bonchev–Trinajstić information content (AvgIpc) is 2.14. The zero-order chi connectivity index (χ0) is 11.4. The second kappa shape index (κ2) is 5.21. The highest BCUT2D eigenvalue weighted by Crippen LogP contribution is 2.20. The average molecular weight is 278 g/mol. The Morgan fingerprint density at radius 3 is 2.67 bits per heavy atom. The fourth-order valence-electron chi connectivity index (χ4n) is 1.13. The molecule has 0 saturated heterocycles. The van der Waals surface area contributed by atoms with E-state index in [0.717, 1.165) is 12.1 Å². The normalized spacial score (nSPS) is 10.1. The first-order valence-electron chi connectivity index (χ1n) is 4.44. The highest BCUT2D eigenvalue weighted by atomic mass is 79.9. The molecule has 82 valence electrons. The second-order valence-electron chi connectivity index (χ2n) is 2.99. The summed E-state index contributed by atoms with van der Waals surface area (Å²) in [5.41, 5.74) is 0.0571. The van der Waals surface area contributed by atoms with Gasteiger partial charge in [0.25, 0.3) is 0 Å². The maximum Gasteiger partial charge on any atom is 0.224 e. The molecule has 1 N–H and O–H groups in total. The maximum atomic E-state index is 13.3. The molecule has 0 radical (unpaired) electrons. The van der Waals surface area contributed by atoms with Gasteiger partial charge in [-0.3, -0.25) is 4.79 Å². The number of rotatable bonds is 3. The number of halogens is 3. The lowest BCUT2D eigenvalue weighted by Gasteiger charge is -2.05. The molecular formula is C10H10BrF2NO. The zero-order valence-electron chi connectivity index (χ0n) is 8.11. The molecule has 0 fully saturated rings. The first-order valence-corrected chi connectivity index (χ1v) is 5.24. The van der Waals surface area contributed by atoms with Gasteiger partial charge in [0.15, 0.2) is 0 Å². The lowest BCUT2D eigenvalue weighted by Crippen LogP contribution is -2.24. The molecule has 1 rings (SSSR count). The Morgan fingerprint density at radius 1 is 1.40 bits per heavy atom. The van der Waals surface area contributed by atoms with Crippen LogP contribution in [0.4, 0.5) is 8.78 Å². The summed E-state index contributed by atoms with van der Waals surface area (Å²) in [6.45, 7) is 2.23. The molecule has 0 aliphatic heterocycles. The van der Waals surface area contributed by atoms with Gasteiger partial charge >= 0.3 is 0 Å². The Balaban J connectivity index is 2.86. The van der Waals surface area contributed by atoms with Gasteiger partial charge in [0.2, 0.25) is 5.91 Å².